The zero-order valence-electron chi connectivity index (χ0n) is 15.8. The van der Waals surface area contributed by atoms with E-state index < -0.39 is 0 Å². The van der Waals surface area contributed by atoms with E-state index in [1.165, 1.54) is 4.90 Å². The van der Waals surface area contributed by atoms with E-state index in [0.717, 1.165) is 37.4 Å². The van der Waals surface area contributed by atoms with Gasteiger partial charge in [0.25, 0.3) is 5.91 Å². The molecule has 1 fully saturated rings. The maximum atomic E-state index is 12.2. The van der Waals surface area contributed by atoms with Gasteiger partial charge in [-0.1, -0.05) is 13.3 Å². The first-order valence-electron chi connectivity index (χ1n) is 9.40. The van der Waals surface area contributed by atoms with Crippen LogP contribution in [0.2, 0.25) is 0 Å². The molecular weight excluding hydrogens is 334 g/mol. The second-order valence-electron chi connectivity index (χ2n) is 6.39. The summed E-state index contributed by atoms with van der Waals surface area (Å²) in [4.78, 5) is 26.8. The van der Waals surface area contributed by atoms with Crippen molar-refractivity contribution in [1.29, 1.82) is 0 Å². The number of quaternary nitrogens is 1. The molecule has 26 heavy (non-hydrogen) atoms. The normalized spacial score (nSPS) is 14.8. The maximum absolute atomic E-state index is 12.2. The lowest BCUT2D eigenvalue weighted by atomic mass is 10.3. The van der Waals surface area contributed by atoms with Crippen LogP contribution in [0.3, 0.4) is 0 Å². The van der Waals surface area contributed by atoms with E-state index in [0.29, 0.717) is 32.8 Å². The van der Waals surface area contributed by atoms with Crippen LogP contribution in [0.25, 0.3) is 0 Å². The molecule has 0 atom stereocenters. The van der Waals surface area contributed by atoms with Crippen molar-refractivity contribution in [1.82, 2.24) is 4.90 Å². The predicted molar refractivity (Wildman–Crippen MR) is 99.6 cm³/mol. The fourth-order valence-corrected chi connectivity index (χ4v) is 2.80. The van der Waals surface area contributed by atoms with Gasteiger partial charge in [0.15, 0.2) is 6.54 Å². The molecule has 0 radical (unpaired) electrons. The Morgan fingerprint density at radius 1 is 1.15 bits per heavy atom. The topological polar surface area (TPSA) is 72.3 Å². The molecule has 0 aliphatic carbocycles. The molecule has 1 saturated heterocycles. The lowest BCUT2D eigenvalue weighted by Crippen LogP contribution is -3.15. The molecule has 0 unspecified atom stereocenters. The first-order chi connectivity index (χ1) is 12.6. The van der Waals surface area contributed by atoms with Gasteiger partial charge in [-0.25, -0.2) is 4.79 Å². The number of hydrogen-bond donors (Lipinski definition) is 2. The number of amides is 2. The summed E-state index contributed by atoms with van der Waals surface area (Å²) in [5.41, 5.74) is 0.766. The lowest BCUT2D eigenvalue weighted by Gasteiger charge is -2.31. The minimum Gasteiger partial charge on any atom is -0.494 e. The highest BCUT2D eigenvalue weighted by Crippen LogP contribution is 2.15. The van der Waals surface area contributed by atoms with Crippen LogP contribution in [0.15, 0.2) is 24.3 Å². The maximum Gasteiger partial charge on any atom is 0.410 e. The average molecular weight is 364 g/mol. The van der Waals surface area contributed by atoms with Gasteiger partial charge in [-0.3, -0.25) is 9.69 Å². The minimum atomic E-state index is -0.266. The highest BCUT2D eigenvalue weighted by atomic mass is 16.6. The zero-order valence-corrected chi connectivity index (χ0v) is 15.8. The molecule has 1 aromatic carbocycles. The van der Waals surface area contributed by atoms with Crippen molar-refractivity contribution in [2.75, 3.05) is 51.3 Å². The lowest BCUT2D eigenvalue weighted by molar-refractivity contribution is -0.895. The summed E-state index contributed by atoms with van der Waals surface area (Å²) >= 11 is 0. The van der Waals surface area contributed by atoms with Gasteiger partial charge < -0.3 is 19.7 Å². The van der Waals surface area contributed by atoms with Gasteiger partial charge in [0.1, 0.15) is 5.75 Å². The number of benzene rings is 1. The monoisotopic (exact) mass is 364 g/mol. The van der Waals surface area contributed by atoms with Crippen LogP contribution >= 0.6 is 0 Å². The van der Waals surface area contributed by atoms with Gasteiger partial charge in [-0.05, 0) is 37.6 Å². The molecule has 1 aromatic rings. The van der Waals surface area contributed by atoms with Crippen molar-refractivity contribution in [3.8, 4) is 5.75 Å². The van der Waals surface area contributed by atoms with E-state index in [2.05, 4.69) is 12.2 Å². The van der Waals surface area contributed by atoms with E-state index in [1.54, 1.807) is 11.8 Å². The number of nitrogens with one attached hydrogen (secondary N) is 2. The summed E-state index contributed by atoms with van der Waals surface area (Å²) in [6.07, 6.45) is 1.87. The van der Waals surface area contributed by atoms with Gasteiger partial charge in [0, 0.05) is 5.69 Å². The van der Waals surface area contributed by atoms with Crippen LogP contribution < -0.4 is 15.0 Å². The number of carbonyl (C=O) groups excluding carboxylic acids is 2. The minimum absolute atomic E-state index is 0.0239. The molecule has 1 aliphatic heterocycles. The second-order valence-corrected chi connectivity index (χ2v) is 6.39. The first-order valence-corrected chi connectivity index (χ1v) is 9.40. The molecule has 1 heterocycles. The Bertz CT molecular complexity index is 569. The van der Waals surface area contributed by atoms with E-state index in [-0.39, 0.29) is 12.0 Å². The van der Waals surface area contributed by atoms with Gasteiger partial charge in [-0.2, -0.15) is 0 Å². The van der Waals surface area contributed by atoms with Gasteiger partial charge in [-0.15, -0.1) is 0 Å². The molecule has 1 aliphatic rings. The number of carbonyl (C=O) groups is 2. The van der Waals surface area contributed by atoms with Crippen LogP contribution in [-0.2, 0) is 9.53 Å². The Hall–Kier alpha value is -2.28. The van der Waals surface area contributed by atoms with E-state index in [4.69, 9.17) is 9.47 Å². The second kappa shape index (κ2) is 10.7. The van der Waals surface area contributed by atoms with Crippen molar-refractivity contribution >= 4 is 17.7 Å². The van der Waals surface area contributed by atoms with Crippen LogP contribution in [0.1, 0.15) is 26.7 Å². The molecule has 0 aromatic heterocycles. The summed E-state index contributed by atoms with van der Waals surface area (Å²) in [7, 11) is 0. The number of ether oxygens (including phenoxy) is 2. The Morgan fingerprint density at radius 2 is 1.85 bits per heavy atom. The fourth-order valence-electron chi connectivity index (χ4n) is 2.80. The van der Waals surface area contributed by atoms with Crippen LogP contribution in [-0.4, -0.2) is 62.8 Å². The summed E-state index contributed by atoms with van der Waals surface area (Å²) in [6, 6.07) is 7.45. The molecule has 7 heteroatoms. The SMILES string of the molecule is CCCCOc1ccc(NC(=O)C[NH+]2CCN(C(=O)OCC)CC2)cc1. The quantitative estimate of drug-likeness (QED) is 0.679. The number of nitrogens with zero attached hydrogens (tertiary/aromatic N) is 1. The third-order valence-electron chi connectivity index (χ3n) is 4.31. The predicted octanol–water partition coefficient (Wildman–Crippen LogP) is 1.16. The summed E-state index contributed by atoms with van der Waals surface area (Å²) in [5, 5.41) is 2.92. The molecule has 0 saturated carbocycles. The number of unbranched alkanes of at least 4 members (excludes halogenated alkanes) is 1. The van der Waals surface area contributed by atoms with Crippen LogP contribution in [0.5, 0.6) is 5.75 Å². The van der Waals surface area contributed by atoms with Crippen molar-refractivity contribution in [2.24, 2.45) is 0 Å². The van der Waals surface area contributed by atoms with E-state index >= 15 is 0 Å². The third kappa shape index (κ3) is 6.55. The van der Waals surface area contributed by atoms with Crippen molar-refractivity contribution in [2.45, 2.75) is 26.7 Å². The average Bonchev–Trinajstić information content (AvgIpc) is 2.64. The van der Waals surface area contributed by atoms with Gasteiger partial charge >= 0.3 is 6.09 Å². The molecule has 2 N–H and O–H groups in total. The Labute approximate surface area is 155 Å². The number of anilines is 1. The molecule has 2 rings (SSSR count). The summed E-state index contributed by atoms with van der Waals surface area (Å²) in [6.45, 7) is 8.14. The first kappa shape index (κ1) is 20.0. The molecular formula is C19H30N3O4+. The molecule has 0 bridgehead atoms. The van der Waals surface area contributed by atoms with Crippen molar-refractivity contribution < 1.29 is 24.0 Å². The Kier molecular flexibility index (Phi) is 8.21. The number of piperazine rings is 1. The van der Waals surface area contributed by atoms with Crippen molar-refractivity contribution in [3.05, 3.63) is 24.3 Å². The van der Waals surface area contributed by atoms with E-state index in [9.17, 15) is 9.59 Å². The summed E-state index contributed by atoms with van der Waals surface area (Å²) in [5.74, 6) is 0.793. The van der Waals surface area contributed by atoms with Crippen LogP contribution in [0.4, 0.5) is 10.5 Å². The van der Waals surface area contributed by atoms with Crippen LogP contribution in [0, 0.1) is 0 Å². The molecule has 144 valence electrons. The third-order valence-corrected chi connectivity index (χ3v) is 4.31. The van der Waals surface area contributed by atoms with Gasteiger partial charge in [0.2, 0.25) is 0 Å². The Morgan fingerprint density at radius 3 is 2.46 bits per heavy atom. The molecule has 2 amide bonds. The molecule has 0 spiro atoms. The largest absolute Gasteiger partial charge is 0.494 e. The van der Waals surface area contributed by atoms with E-state index in [1.807, 2.05) is 24.3 Å². The standard InChI is InChI=1S/C19H29N3O4/c1-3-5-14-26-17-8-6-16(7-9-17)20-18(23)15-21-10-12-22(13-11-21)19(24)25-4-2/h6-9H,3-5,10-15H2,1-2H3,(H,20,23)/p+1. The van der Waals surface area contributed by atoms with Gasteiger partial charge in [0.05, 0.1) is 39.4 Å². The zero-order chi connectivity index (χ0) is 18.8. The Balaban J connectivity index is 1.71. The summed E-state index contributed by atoms with van der Waals surface area (Å²) < 4.78 is 10.6. The van der Waals surface area contributed by atoms with Crippen molar-refractivity contribution in [3.63, 3.8) is 0 Å². The fraction of sp³-hybridized carbons (Fsp3) is 0.579. The smallest absolute Gasteiger partial charge is 0.410 e. The number of hydrogen-bond acceptors (Lipinski definition) is 4. The highest BCUT2D eigenvalue weighted by Gasteiger charge is 2.25. The number of rotatable bonds is 8. The highest BCUT2D eigenvalue weighted by molar-refractivity contribution is 5.91. The molecule has 7 nitrogen and oxygen atoms in total.